The molecule has 0 spiro atoms. The van der Waals surface area contributed by atoms with Gasteiger partial charge >= 0.3 is 5.97 Å². The van der Waals surface area contributed by atoms with Crippen LogP contribution >= 0.6 is 11.3 Å². The number of aromatic nitrogens is 2. The van der Waals surface area contributed by atoms with Gasteiger partial charge in [-0.3, -0.25) is 4.79 Å². The van der Waals surface area contributed by atoms with Crippen LogP contribution in [0.3, 0.4) is 0 Å². The lowest BCUT2D eigenvalue weighted by molar-refractivity contribution is -0.965. The molecule has 2 aromatic heterocycles. The molecule has 5 heterocycles. The molecule has 3 aliphatic heterocycles. The van der Waals surface area contributed by atoms with Gasteiger partial charge in [0, 0.05) is 35.8 Å². The molecule has 4 aliphatic rings. The maximum absolute atomic E-state index is 13.7. The van der Waals surface area contributed by atoms with Crippen molar-refractivity contribution in [1.82, 2.24) is 9.97 Å². The summed E-state index contributed by atoms with van der Waals surface area (Å²) in [5.41, 5.74) is 4.87. The molecule has 1 aliphatic carbocycles. The molecule has 2 unspecified atom stereocenters. The van der Waals surface area contributed by atoms with Crippen LogP contribution in [0.1, 0.15) is 61.6 Å². The topological polar surface area (TPSA) is 115 Å². The van der Waals surface area contributed by atoms with E-state index in [1.165, 1.54) is 17.7 Å². The van der Waals surface area contributed by atoms with Crippen molar-refractivity contribution in [2.24, 2.45) is 17.6 Å². The number of nitrogens with two attached hydrogens (primary N) is 1. The van der Waals surface area contributed by atoms with Gasteiger partial charge in [-0.25, -0.2) is 14.8 Å². The van der Waals surface area contributed by atoms with Crippen LogP contribution in [0.25, 0.3) is 0 Å². The molecule has 0 radical (unpaired) electrons. The van der Waals surface area contributed by atoms with Gasteiger partial charge in [0.05, 0.1) is 13.1 Å². The van der Waals surface area contributed by atoms with Crippen molar-refractivity contribution in [3.63, 3.8) is 0 Å². The first-order chi connectivity index (χ1) is 16.4. The lowest BCUT2D eigenvalue weighted by Crippen LogP contribution is -2.67. The number of quaternary nitrogens is 1. The zero-order chi connectivity index (χ0) is 23.8. The number of thiophene rings is 1. The SMILES string of the molecule is NC(=O)C(c1ccncn1)[N+]12CCC(CC1)[C@@H](OC(=O)C(O)(c1cccs1)C1CCCCC1)C2. The third-order valence-corrected chi connectivity index (χ3v) is 9.32. The zero-order valence-electron chi connectivity index (χ0n) is 19.3. The first kappa shape index (κ1) is 23.4. The van der Waals surface area contributed by atoms with Crippen molar-refractivity contribution in [2.75, 3.05) is 19.6 Å². The lowest BCUT2D eigenvalue weighted by Gasteiger charge is -2.54. The van der Waals surface area contributed by atoms with Crippen molar-refractivity contribution in [2.45, 2.75) is 62.7 Å². The van der Waals surface area contributed by atoms with E-state index in [2.05, 4.69) is 9.97 Å². The summed E-state index contributed by atoms with van der Waals surface area (Å²) in [5.74, 6) is -0.893. The molecule has 8 nitrogen and oxygen atoms in total. The van der Waals surface area contributed by atoms with Crippen LogP contribution in [0.4, 0.5) is 0 Å². The molecule has 9 heteroatoms. The van der Waals surface area contributed by atoms with Gasteiger partial charge in [-0.05, 0) is 30.4 Å². The standard InChI is InChI=1S/C25H32N4O4S/c26-23(30)22(19-8-11-27-16-28-19)29-12-9-17(10-13-29)20(15-29)33-24(31)25(32,21-7-4-14-34-21)18-5-2-1-3-6-18/h4,7-8,11,14,16-18,20,22,32H,1-3,5-6,9-10,12-13,15H2,(H-,26,30)/p+1/t17?,20-,22?,25?,29?/m0/s1. The van der Waals surface area contributed by atoms with E-state index in [9.17, 15) is 14.7 Å². The third-order valence-electron chi connectivity index (χ3n) is 8.32. The number of rotatable bonds is 7. The minimum Gasteiger partial charge on any atom is -0.454 e. The van der Waals surface area contributed by atoms with E-state index in [4.69, 9.17) is 10.5 Å². The fourth-order valence-corrected chi connectivity index (χ4v) is 7.42. The third kappa shape index (κ3) is 4.03. The molecule has 2 aromatic rings. The number of hydrogen-bond acceptors (Lipinski definition) is 7. The minimum atomic E-state index is -1.62. The van der Waals surface area contributed by atoms with Gasteiger partial charge in [-0.15, -0.1) is 11.3 Å². The average molecular weight is 486 g/mol. The Morgan fingerprint density at radius 1 is 1.18 bits per heavy atom. The number of hydrogen-bond donors (Lipinski definition) is 2. The quantitative estimate of drug-likeness (QED) is 0.460. The predicted molar refractivity (Wildman–Crippen MR) is 126 cm³/mol. The highest BCUT2D eigenvalue weighted by Gasteiger charge is 2.56. The number of piperidine rings is 3. The molecule has 0 aromatic carbocycles. The van der Waals surface area contributed by atoms with Crippen molar-refractivity contribution in [3.8, 4) is 0 Å². The van der Waals surface area contributed by atoms with Gasteiger partial charge in [0.15, 0.2) is 11.7 Å². The summed E-state index contributed by atoms with van der Waals surface area (Å²) in [6.07, 6.45) is 9.15. The summed E-state index contributed by atoms with van der Waals surface area (Å²) in [5, 5.41) is 13.7. The molecular weight excluding hydrogens is 452 g/mol. The van der Waals surface area contributed by atoms with E-state index in [0.29, 0.717) is 21.6 Å². The van der Waals surface area contributed by atoms with Crippen LogP contribution in [-0.4, -0.2) is 57.2 Å². The van der Waals surface area contributed by atoms with Gasteiger partial charge in [-0.1, -0.05) is 25.3 Å². The second kappa shape index (κ2) is 9.36. The summed E-state index contributed by atoms with van der Waals surface area (Å²) in [6.45, 7) is 2.07. The predicted octanol–water partition coefficient (Wildman–Crippen LogP) is 2.68. The Kier molecular flexibility index (Phi) is 6.43. The first-order valence-electron chi connectivity index (χ1n) is 12.3. The van der Waals surface area contributed by atoms with E-state index in [-0.39, 0.29) is 17.9 Å². The smallest absolute Gasteiger partial charge is 0.344 e. The van der Waals surface area contributed by atoms with Crippen LogP contribution in [0.2, 0.25) is 0 Å². The number of primary amides is 1. The summed E-state index contributed by atoms with van der Waals surface area (Å²) in [7, 11) is 0. The molecule has 1 saturated carbocycles. The van der Waals surface area contributed by atoms with E-state index in [1.54, 1.807) is 12.3 Å². The summed E-state index contributed by atoms with van der Waals surface area (Å²) in [6, 6.07) is 4.83. The summed E-state index contributed by atoms with van der Waals surface area (Å²) in [4.78, 5) is 35.3. The molecule has 34 heavy (non-hydrogen) atoms. The number of amides is 1. The minimum absolute atomic E-state index is 0.143. The Morgan fingerprint density at radius 3 is 2.56 bits per heavy atom. The number of aliphatic hydroxyl groups is 1. The second-order valence-electron chi connectivity index (χ2n) is 10.1. The maximum Gasteiger partial charge on any atom is 0.344 e. The molecule has 1 amide bonds. The number of carbonyl (C=O) groups is 2. The molecule has 3 N–H and O–H groups in total. The maximum atomic E-state index is 13.7. The fraction of sp³-hybridized carbons (Fsp3) is 0.600. The van der Waals surface area contributed by atoms with Gasteiger partial charge < -0.3 is 20.1 Å². The van der Waals surface area contributed by atoms with Crippen LogP contribution in [0.15, 0.2) is 36.1 Å². The normalized spacial score (nSPS) is 29.8. The molecule has 6 rings (SSSR count). The lowest BCUT2D eigenvalue weighted by atomic mass is 9.75. The Balaban J connectivity index is 1.41. The number of esters is 1. The summed E-state index contributed by atoms with van der Waals surface area (Å²) >= 11 is 1.40. The first-order valence-corrected chi connectivity index (χ1v) is 13.2. The van der Waals surface area contributed by atoms with E-state index >= 15 is 0 Å². The molecule has 182 valence electrons. The number of nitrogens with zero attached hydrogens (tertiary/aromatic N) is 3. The van der Waals surface area contributed by atoms with Crippen molar-refractivity contribution in [1.29, 1.82) is 0 Å². The highest BCUT2D eigenvalue weighted by molar-refractivity contribution is 7.10. The van der Waals surface area contributed by atoms with E-state index in [0.717, 1.165) is 58.0 Å². The fourth-order valence-electron chi connectivity index (χ4n) is 6.53. The van der Waals surface area contributed by atoms with Crippen LogP contribution in [0, 0.1) is 11.8 Å². The highest BCUT2D eigenvalue weighted by atomic mass is 32.1. The van der Waals surface area contributed by atoms with Gasteiger partial charge in [-0.2, -0.15) is 0 Å². The Hall–Kier alpha value is -2.36. The van der Waals surface area contributed by atoms with Crippen molar-refractivity contribution >= 4 is 23.2 Å². The number of fused-ring (bicyclic) bond motifs is 3. The van der Waals surface area contributed by atoms with Gasteiger partial charge in [0.1, 0.15) is 18.6 Å². The molecule has 2 bridgehead atoms. The number of carbonyl (C=O) groups excluding carboxylic acids is 2. The second-order valence-corrected chi connectivity index (χ2v) is 11.1. The molecule has 4 fully saturated rings. The Bertz CT molecular complexity index is 1000. The largest absolute Gasteiger partial charge is 0.454 e. The Morgan fingerprint density at radius 2 is 1.94 bits per heavy atom. The van der Waals surface area contributed by atoms with Crippen LogP contribution in [0.5, 0.6) is 0 Å². The van der Waals surface area contributed by atoms with Crippen molar-refractivity contribution in [3.05, 3.63) is 46.7 Å². The number of ether oxygens (including phenoxy) is 1. The van der Waals surface area contributed by atoms with E-state index < -0.39 is 23.5 Å². The molecule has 3 saturated heterocycles. The molecular formula is C25H33N4O4S+. The molecule has 3 atom stereocenters. The van der Waals surface area contributed by atoms with Gasteiger partial charge in [0.2, 0.25) is 6.04 Å². The van der Waals surface area contributed by atoms with Crippen LogP contribution < -0.4 is 5.73 Å². The van der Waals surface area contributed by atoms with Crippen LogP contribution in [-0.2, 0) is 19.9 Å². The summed E-state index contributed by atoms with van der Waals surface area (Å²) < 4.78 is 6.61. The van der Waals surface area contributed by atoms with E-state index in [1.807, 2.05) is 17.5 Å². The highest BCUT2D eigenvalue weighted by Crippen LogP contribution is 2.45. The van der Waals surface area contributed by atoms with Crippen molar-refractivity contribution < 1.29 is 23.9 Å². The van der Waals surface area contributed by atoms with Gasteiger partial charge in [0.25, 0.3) is 5.91 Å². The Labute approximate surface area is 203 Å². The average Bonchev–Trinajstić information content (AvgIpc) is 3.41. The monoisotopic (exact) mass is 485 g/mol. The zero-order valence-corrected chi connectivity index (χ0v) is 20.2.